The van der Waals surface area contributed by atoms with Crippen molar-refractivity contribution in [1.82, 2.24) is 4.57 Å². The first-order valence-electron chi connectivity index (χ1n) is 11.4. The zero-order chi connectivity index (χ0) is 24.0. The average molecular weight is 445 g/mol. The van der Waals surface area contributed by atoms with Crippen LogP contribution in [0.5, 0.6) is 5.75 Å². The van der Waals surface area contributed by atoms with Gasteiger partial charge in [-0.15, -0.1) is 0 Å². The Balaban J connectivity index is 2.30. The van der Waals surface area contributed by atoms with Crippen molar-refractivity contribution in [1.29, 1.82) is 5.26 Å². The number of methoxy groups -OCH3 is 1. The minimum absolute atomic E-state index is 0.457. The number of benzene rings is 2. The SMILES string of the molecule is CCCCCc1cn(C(=O)OC(C)(C)C)c(-c2ccccc2C#N)c1-c1ccc(OC)cc1. The first-order chi connectivity index (χ1) is 15.8. The van der Waals surface area contributed by atoms with E-state index in [0.717, 1.165) is 48.1 Å². The molecule has 0 saturated heterocycles. The van der Waals surface area contributed by atoms with Gasteiger partial charge in [0.1, 0.15) is 11.4 Å². The Morgan fingerprint density at radius 2 is 1.76 bits per heavy atom. The normalized spacial score (nSPS) is 11.2. The van der Waals surface area contributed by atoms with Crippen LogP contribution in [-0.4, -0.2) is 23.4 Å². The average Bonchev–Trinajstić information content (AvgIpc) is 3.17. The number of ether oxygens (including phenoxy) is 2. The predicted molar refractivity (Wildman–Crippen MR) is 131 cm³/mol. The lowest BCUT2D eigenvalue weighted by Crippen LogP contribution is -2.27. The Morgan fingerprint density at radius 1 is 1.06 bits per heavy atom. The van der Waals surface area contributed by atoms with E-state index in [1.807, 2.05) is 69.4 Å². The minimum Gasteiger partial charge on any atom is -0.497 e. The van der Waals surface area contributed by atoms with E-state index >= 15 is 0 Å². The van der Waals surface area contributed by atoms with Crippen molar-refractivity contribution in [3.8, 4) is 34.2 Å². The molecule has 1 heterocycles. The van der Waals surface area contributed by atoms with E-state index in [1.165, 1.54) is 0 Å². The number of aryl methyl sites for hydroxylation is 1. The van der Waals surface area contributed by atoms with Crippen LogP contribution >= 0.6 is 0 Å². The van der Waals surface area contributed by atoms with Crippen molar-refractivity contribution in [2.45, 2.75) is 59.0 Å². The summed E-state index contributed by atoms with van der Waals surface area (Å²) < 4.78 is 12.7. The molecule has 0 fully saturated rings. The number of aromatic nitrogens is 1. The Hall–Kier alpha value is -3.52. The smallest absolute Gasteiger partial charge is 0.419 e. The Kier molecular flexibility index (Phi) is 7.60. The van der Waals surface area contributed by atoms with Crippen molar-refractivity contribution in [2.24, 2.45) is 0 Å². The highest BCUT2D eigenvalue weighted by Crippen LogP contribution is 2.40. The van der Waals surface area contributed by atoms with E-state index in [9.17, 15) is 10.1 Å². The molecule has 3 rings (SSSR count). The molecule has 33 heavy (non-hydrogen) atoms. The summed E-state index contributed by atoms with van der Waals surface area (Å²) in [5, 5.41) is 9.81. The van der Waals surface area contributed by atoms with Crippen LogP contribution in [0.15, 0.2) is 54.7 Å². The molecule has 0 atom stereocenters. The van der Waals surface area contributed by atoms with E-state index in [1.54, 1.807) is 17.7 Å². The van der Waals surface area contributed by atoms with Gasteiger partial charge in [0.25, 0.3) is 0 Å². The lowest BCUT2D eigenvalue weighted by Gasteiger charge is -2.21. The van der Waals surface area contributed by atoms with Crippen molar-refractivity contribution in [3.05, 3.63) is 65.9 Å². The summed E-state index contributed by atoms with van der Waals surface area (Å²) in [6, 6.07) is 17.5. The van der Waals surface area contributed by atoms with E-state index in [-0.39, 0.29) is 0 Å². The molecule has 0 radical (unpaired) electrons. The predicted octanol–water partition coefficient (Wildman–Crippen LogP) is 7.22. The molecule has 0 spiro atoms. The molecule has 5 nitrogen and oxygen atoms in total. The lowest BCUT2D eigenvalue weighted by atomic mass is 9.93. The van der Waals surface area contributed by atoms with Crippen LogP contribution in [0.2, 0.25) is 0 Å². The summed E-state index contributed by atoms with van der Waals surface area (Å²) in [6.07, 6.45) is 5.47. The molecule has 5 heteroatoms. The maximum atomic E-state index is 13.3. The maximum absolute atomic E-state index is 13.3. The van der Waals surface area contributed by atoms with Gasteiger partial charge in [0, 0.05) is 17.3 Å². The molecule has 3 aromatic rings. The Bertz CT molecular complexity index is 1150. The van der Waals surface area contributed by atoms with Crippen LogP contribution in [-0.2, 0) is 11.2 Å². The Labute approximate surface area is 196 Å². The highest BCUT2D eigenvalue weighted by molar-refractivity contribution is 5.92. The first-order valence-corrected chi connectivity index (χ1v) is 11.4. The van der Waals surface area contributed by atoms with E-state index < -0.39 is 11.7 Å². The maximum Gasteiger partial charge on any atom is 0.419 e. The number of hydrogen-bond acceptors (Lipinski definition) is 4. The van der Waals surface area contributed by atoms with Crippen LogP contribution in [0.3, 0.4) is 0 Å². The summed E-state index contributed by atoms with van der Waals surface area (Å²) in [5.41, 5.74) is 4.22. The van der Waals surface area contributed by atoms with Gasteiger partial charge < -0.3 is 9.47 Å². The Morgan fingerprint density at radius 3 is 2.36 bits per heavy atom. The molecule has 0 saturated carbocycles. The fourth-order valence-corrected chi connectivity index (χ4v) is 3.90. The highest BCUT2D eigenvalue weighted by Gasteiger charge is 2.27. The molecular formula is C28H32N2O3. The number of unbranched alkanes of at least 4 members (excludes halogenated alkanes) is 2. The van der Waals surface area contributed by atoms with E-state index in [0.29, 0.717) is 16.8 Å². The minimum atomic E-state index is -0.643. The lowest BCUT2D eigenvalue weighted by molar-refractivity contribution is 0.0540. The second-order valence-corrected chi connectivity index (χ2v) is 9.07. The van der Waals surface area contributed by atoms with Gasteiger partial charge in [-0.3, -0.25) is 4.57 Å². The van der Waals surface area contributed by atoms with Crippen LogP contribution in [0.1, 0.15) is 58.1 Å². The standard InChI is InChI=1S/C28H32N2O3/c1-6-7-8-12-22-19-30(27(31)33-28(2,3)4)26(24-13-10-9-11-21(24)18-29)25(22)20-14-16-23(32-5)17-15-20/h9-11,13-17,19H,6-8,12H2,1-5H3. The number of carbonyl (C=O) groups is 1. The van der Waals surface area contributed by atoms with Gasteiger partial charge in [0.2, 0.25) is 0 Å². The fourth-order valence-electron chi connectivity index (χ4n) is 3.90. The van der Waals surface area contributed by atoms with Crippen molar-refractivity contribution in [3.63, 3.8) is 0 Å². The van der Waals surface area contributed by atoms with Crippen molar-refractivity contribution < 1.29 is 14.3 Å². The molecule has 0 aliphatic carbocycles. The molecule has 0 aliphatic rings. The van der Waals surface area contributed by atoms with Gasteiger partial charge in [-0.05, 0) is 62.9 Å². The third kappa shape index (κ3) is 5.64. The summed E-state index contributed by atoms with van der Waals surface area (Å²) >= 11 is 0. The zero-order valence-electron chi connectivity index (χ0n) is 20.1. The summed E-state index contributed by atoms with van der Waals surface area (Å²) in [4.78, 5) is 13.3. The third-order valence-corrected chi connectivity index (χ3v) is 5.40. The van der Waals surface area contributed by atoms with Crippen LogP contribution in [0, 0.1) is 11.3 Å². The second kappa shape index (κ2) is 10.4. The van der Waals surface area contributed by atoms with Gasteiger partial charge in [0.05, 0.1) is 24.4 Å². The van der Waals surface area contributed by atoms with Crippen LogP contribution in [0.4, 0.5) is 4.79 Å². The zero-order valence-corrected chi connectivity index (χ0v) is 20.1. The molecule has 0 bridgehead atoms. The topological polar surface area (TPSA) is 64.2 Å². The number of nitrogens with zero attached hydrogens (tertiary/aromatic N) is 2. The second-order valence-electron chi connectivity index (χ2n) is 9.07. The largest absolute Gasteiger partial charge is 0.497 e. The summed E-state index contributed by atoms with van der Waals surface area (Å²) in [7, 11) is 1.64. The molecule has 1 aromatic heterocycles. The first kappa shape index (κ1) is 24.1. The molecule has 2 aromatic carbocycles. The van der Waals surface area contributed by atoms with E-state index in [2.05, 4.69) is 13.0 Å². The molecular weight excluding hydrogens is 412 g/mol. The monoisotopic (exact) mass is 444 g/mol. The summed E-state index contributed by atoms with van der Waals surface area (Å²) in [6.45, 7) is 7.72. The molecule has 0 N–H and O–H groups in total. The number of nitriles is 1. The number of rotatable bonds is 7. The fraction of sp³-hybridized carbons (Fsp3) is 0.357. The molecule has 0 amide bonds. The van der Waals surface area contributed by atoms with Gasteiger partial charge >= 0.3 is 6.09 Å². The van der Waals surface area contributed by atoms with Crippen LogP contribution < -0.4 is 4.74 Å². The van der Waals surface area contributed by atoms with E-state index in [4.69, 9.17) is 9.47 Å². The number of carbonyl (C=O) groups excluding carboxylic acids is 1. The van der Waals surface area contributed by atoms with Crippen molar-refractivity contribution >= 4 is 6.09 Å². The van der Waals surface area contributed by atoms with Gasteiger partial charge in [-0.2, -0.15) is 5.26 Å². The van der Waals surface area contributed by atoms with Gasteiger partial charge in [0.15, 0.2) is 0 Å². The van der Waals surface area contributed by atoms with Gasteiger partial charge in [-0.1, -0.05) is 50.1 Å². The molecule has 172 valence electrons. The summed E-state index contributed by atoms with van der Waals surface area (Å²) in [5.74, 6) is 0.761. The number of hydrogen-bond donors (Lipinski definition) is 0. The van der Waals surface area contributed by atoms with Crippen LogP contribution in [0.25, 0.3) is 22.4 Å². The quantitative estimate of drug-likeness (QED) is 0.361. The highest BCUT2D eigenvalue weighted by atomic mass is 16.6. The molecule has 0 aliphatic heterocycles. The van der Waals surface area contributed by atoms with Gasteiger partial charge in [-0.25, -0.2) is 4.79 Å². The van der Waals surface area contributed by atoms with Crippen molar-refractivity contribution in [2.75, 3.05) is 7.11 Å². The molecule has 0 unspecified atom stereocenters. The third-order valence-electron chi connectivity index (χ3n) is 5.40.